The Kier molecular flexibility index (Phi) is 4.51. The molecule has 0 spiro atoms. The maximum Gasteiger partial charge on any atom is 0.323 e. The van der Waals surface area contributed by atoms with Crippen LogP contribution in [0.25, 0.3) is 0 Å². The number of aryl methyl sites for hydroxylation is 1. The first-order chi connectivity index (χ1) is 8.00. The van der Waals surface area contributed by atoms with Crippen LogP contribution in [0.3, 0.4) is 0 Å². The van der Waals surface area contributed by atoms with Crippen LogP contribution < -0.4 is 5.32 Å². The average molecular weight is 236 g/mol. The van der Waals surface area contributed by atoms with Crippen LogP contribution in [0.15, 0.2) is 24.3 Å². The summed E-state index contributed by atoms with van der Waals surface area (Å²) < 4.78 is 0. The number of carboxylic acids is 1. The number of amides is 2. The van der Waals surface area contributed by atoms with Gasteiger partial charge in [-0.25, -0.2) is 4.79 Å². The first kappa shape index (κ1) is 13.0. The van der Waals surface area contributed by atoms with Gasteiger partial charge in [0.2, 0.25) is 0 Å². The Balaban J connectivity index is 2.48. The molecule has 5 heteroatoms. The van der Waals surface area contributed by atoms with E-state index in [1.54, 1.807) is 0 Å². The number of carboxylic acid groups (broad SMARTS) is 1. The zero-order chi connectivity index (χ0) is 12.8. The molecule has 0 heterocycles. The van der Waals surface area contributed by atoms with Gasteiger partial charge >= 0.3 is 12.0 Å². The summed E-state index contributed by atoms with van der Waals surface area (Å²) >= 11 is 0. The molecular weight excluding hydrogens is 220 g/mol. The second-order valence-electron chi connectivity index (χ2n) is 3.83. The molecule has 0 aromatic heterocycles. The molecule has 1 aromatic carbocycles. The first-order valence-corrected chi connectivity index (χ1v) is 5.26. The molecule has 0 saturated heterocycles. The highest BCUT2D eigenvalue weighted by atomic mass is 16.4. The van der Waals surface area contributed by atoms with Crippen molar-refractivity contribution in [1.82, 2.24) is 10.2 Å². The van der Waals surface area contributed by atoms with Crippen LogP contribution in [-0.2, 0) is 11.3 Å². The minimum Gasteiger partial charge on any atom is -0.480 e. The molecule has 0 aliphatic rings. The predicted octanol–water partition coefficient (Wildman–Crippen LogP) is 1.22. The van der Waals surface area contributed by atoms with Crippen LogP contribution in [0.1, 0.15) is 11.1 Å². The highest BCUT2D eigenvalue weighted by molar-refractivity contribution is 5.79. The number of rotatable bonds is 4. The van der Waals surface area contributed by atoms with E-state index in [0.29, 0.717) is 6.54 Å². The summed E-state index contributed by atoms with van der Waals surface area (Å²) in [4.78, 5) is 23.1. The summed E-state index contributed by atoms with van der Waals surface area (Å²) in [6, 6.07) is 7.32. The number of likely N-dealkylation sites (N-methyl/N-ethyl adjacent to an activating group) is 1. The first-order valence-electron chi connectivity index (χ1n) is 5.26. The van der Waals surface area contributed by atoms with Crippen molar-refractivity contribution in [2.75, 3.05) is 13.6 Å². The minimum atomic E-state index is -1.03. The fourth-order valence-corrected chi connectivity index (χ4v) is 1.39. The lowest BCUT2D eigenvalue weighted by molar-refractivity contribution is -0.137. The number of carbonyl (C=O) groups is 2. The fourth-order valence-electron chi connectivity index (χ4n) is 1.39. The summed E-state index contributed by atoms with van der Waals surface area (Å²) in [5, 5.41) is 11.2. The number of nitrogens with zero attached hydrogens (tertiary/aromatic N) is 1. The van der Waals surface area contributed by atoms with Gasteiger partial charge < -0.3 is 15.3 Å². The fraction of sp³-hybridized carbons (Fsp3) is 0.333. The van der Waals surface area contributed by atoms with Gasteiger partial charge in [0.1, 0.15) is 6.54 Å². The maximum atomic E-state index is 11.5. The molecule has 0 bridgehead atoms. The van der Waals surface area contributed by atoms with Gasteiger partial charge in [0.15, 0.2) is 0 Å². The van der Waals surface area contributed by atoms with Crippen molar-refractivity contribution in [3.63, 3.8) is 0 Å². The number of aliphatic carboxylic acids is 1. The zero-order valence-electron chi connectivity index (χ0n) is 9.93. The van der Waals surface area contributed by atoms with E-state index in [0.717, 1.165) is 16.0 Å². The van der Waals surface area contributed by atoms with Crippen molar-refractivity contribution in [3.05, 3.63) is 35.4 Å². The number of nitrogens with one attached hydrogen (secondary N) is 1. The number of urea groups is 1. The zero-order valence-corrected chi connectivity index (χ0v) is 9.93. The summed E-state index contributed by atoms with van der Waals surface area (Å²) in [5.74, 6) is -1.03. The van der Waals surface area contributed by atoms with E-state index in [4.69, 9.17) is 5.11 Å². The van der Waals surface area contributed by atoms with Gasteiger partial charge in [-0.2, -0.15) is 0 Å². The summed E-state index contributed by atoms with van der Waals surface area (Å²) in [5.41, 5.74) is 2.11. The molecule has 0 atom stereocenters. The smallest absolute Gasteiger partial charge is 0.323 e. The van der Waals surface area contributed by atoms with E-state index >= 15 is 0 Å². The quantitative estimate of drug-likeness (QED) is 0.825. The molecule has 0 aliphatic heterocycles. The second kappa shape index (κ2) is 5.89. The second-order valence-corrected chi connectivity index (χ2v) is 3.83. The third-order valence-corrected chi connectivity index (χ3v) is 2.41. The summed E-state index contributed by atoms with van der Waals surface area (Å²) in [7, 11) is 1.45. The van der Waals surface area contributed by atoms with Crippen LogP contribution in [0.5, 0.6) is 0 Å². The van der Waals surface area contributed by atoms with Gasteiger partial charge in [0, 0.05) is 13.6 Å². The lowest BCUT2D eigenvalue weighted by Gasteiger charge is -2.16. The Bertz CT molecular complexity index is 418. The standard InChI is InChI=1S/C12H16N2O3/c1-9-5-3-4-6-10(9)7-13-12(17)14(2)8-11(15)16/h3-6H,7-8H2,1-2H3,(H,13,17)(H,15,16). The van der Waals surface area contributed by atoms with Crippen molar-refractivity contribution >= 4 is 12.0 Å². The van der Waals surface area contributed by atoms with Gasteiger partial charge in [-0.05, 0) is 18.1 Å². The Morgan fingerprint density at radius 1 is 1.35 bits per heavy atom. The van der Waals surface area contributed by atoms with Crippen LogP contribution in [0.2, 0.25) is 0 Å². The third-order valence-electron chi connectivity index (χ3n) is 2.41. The number of carbonyl (C=O) groups excluding carboxylic acids is 1. The van der Waals surface area contributed by atoms with Crippen molar-refractivity contribution in [1.29, 1.82) is 0 Å². The van der Waals surface area contributed by atoms with E-state index in [9.17, 15) is 9.59 Å². The minimum absolute atomic E-state index is 0.306. The monoisotopic (exact) mass is 236 g/mol. The van der Waals surface area contributed by atoms with Crippen molar-refractivity contribution in [2.24, 2.45) is 0 Å². The highest BCUT2D eigenvalue weighted by Crippen LogP contribution is 2.06. The van der Waals surface area contributed by atoms with E-state index in [1.807, 2.05) is 31.2 Å². The van der Waals surface area contributed by atoms with Crippen molar-refractivity contribution < 1.29 is 14.7 Å². The Labute approximate surface area is 100 Å². The lowest BCUT2D eigenvalue weighted by atomic mass is 10.1. The van der Waals surface area contributed by atoms with Crippen LogP contribution >= 0.6 is 0 Å². The molecule has 0 saturated carbocycles. The number of benzene rings is 1. The van der Waals surface area contributed by atoms with E-state index in [-0.39, 0.29) is 6.54 Å². The largest absolute Gasteiger partial charge is 0.480 e. The Morgan fingerprint density at radius 3 is 2.59 bits per heavy atom. The normalized spacial score (nSPS) is 9.76. The molecule has 0 unspecified atom stereocenters. The molecule has 2 N–H and O–H groups in total. The molecular formula is C12H16N2O3. The summed E-state index contributed by atoms with van der Waals surface area (Å²) in [6.45, 7) is 2.05. The van der Waals surface area contributed by atoms with Gasteiger partial charge in [-0.3, -0.25) is 4.79 Å². The van der Waals surface area contributed by atoms with Crippen LogP contribution in [-0.4, -0.2) is 35.6 Å². The molecule has 5 nitrogen and oxygen atoms in total. The molecule has 0 radical (unpaired) electrons. The molecule has 0 aliphatic carbocycles. The molecule has 1 aromatic rings. The van der Waals surface area contributed by atoms with E-state index < -0.39 is 12.0 Å². The Hall–Kier alpha value is -2.04. The summed E-state index contributed by atoms with van der Waals surface area (Å²) in [6.07, 6.45) is 0. The van der Waals surface area contributed by atoms with Crippen LogP contribution in [0.4, 0.5) is 4.79 Å². The maximum absolute atomic E-state index is 11.5. The third kappa shape index (κ3) is 4.14. The lowest BCUT2D eigenvalue weighted by Crippen LogP contribution is -2.39. The highest BCUT2D eigenvalue weighted by Gasteiger charge is 2.11. The molecule has 17 heavy (non-hydrogen) atoms. The van der Waals surface area contributed by atoms with Crippen molar-refractivity contribution in [3.8, 4) is 0 Å². The number of hydrogen-bond acceptors (Lipinski definition) is 2. The van der Waals surface area contributed by atoms with E-state index in [1.165, 1.54) is 7.05 Å². The van der Waals surface area contributed by atoms with Gasteiger partial charge in [-0.15, -0.1) is 0 Å². The SMILES string of the molecule is Cc1ccccc1CNC(=O)N(C)CC(=O)O. The van der Waals surface area contributed by atoms with E-state index in [2.05, 4.69) is 5.32 Å². The molecule has 2 amide bonds. The van der Waals surface area contributed by atoms with Crippen LogP contribution in [0, 0.1) is 6.92 Å². The van der Waals surface area contributed by atoms with Gasteiger partial charge in [-0.1, -0.05) is 24.3 Å². The Morgan fingerprint density at radius 2 is 2.00 bits per heavy atom. The van der Waals surface area contributed by atoms with Gasteiger partial charge in [0.25, 0.3) is 0 Å². The predicted molar refractivity (Wildman–Crippen MR) is 63.7 cm³/mol. The molecule has 92 valence electrons. The number of hydrogen-bond donors (Lipinski definition) is 2. The topological polar surface area (TPSA) is 69.6 Å². The molecule has 0 fully saturated rings. The van der Waals surface area contributed by atoms with Crippen molar-refractivity contribution in [2.45, 2.75) is 13.5 Å². The average Bonchev–Trinajstić information content (AvgIpc) is 2.26. The van der Waals surface area contributed by atoms with Gasteiger partial charge in [0.05, 0.1) is 0 Å². The molecule has 1 rings (SSSR count).